The number of nitrogens with one attached hydrogen (secondary N) is 1. The molecule has 0 amide bonds. The summed E-state index contributed by atoms with van der Waals surface area (Å²) in [4.78, 5) is 6.34. The third kappa shape index (κ3) is 3.51. The molecule has 0 aliphatic carbocycles. The van der Waals surface area contributed by atoms with E-state index in [9.17, 15) is 0 Å². The van der Waals surface area contributed by atoms with Gasteiger partial charge in [0, 0.05) is 33.0 Å². The minimum Gasteiger partial charge on any atom is -0.351 e. The number of rotatable bonds is 6. The molecule has 0 unspecified atom stereocenters. The molecule has 2 heterocycles. The van der Waals surface area contributed by atoms with Crippen LogP contribution < -0.4 is 10.2 Å². The number of aryl methyl sites for hydroxylation is 1. The first-order valence-corrected chi connectivity index (χ1v) is 6.41. The molecule has 0 radical (unpaired) electrons. The average Bonchev–Trinajstić information content (AvgIpc) is 2.82. The van der Waals surface area contributed by atoms with Gasteiger partial charge in [0.05, 0.1) is 12.2 Å². The van der Waals surface area contributed by atoms with Crippen LogP contribution in [0.25, 0.3) is 0 Å². The van der Waals surface area contributed by atoms with Gasteiger partial charge in [-0.15, -0.1) is 5.10 Å². The Balaban J connectivity index is 1.99. The smallest absolute Gasteiger partial charge is 0.151 e. The summed E-state index contributed by atoms with van der Waals surface area (Å²) < 4.78 is 2.00. The van der Waals surface area contributed by atoms with Crippen molar-refractivity contribution in [3.63, 3.8) is 0 Å². The van der Waals surface area contributed by atoms with Crippen molar-refractivity contribution in [2.45, 2.75) is 20.0 Å². The molecule has 0 aliphatic heterocycles. The molecule has 0 aromatic carbocycles. The largest absolute Gasteiger partial charge is 0.351 e. The summed E-state index contributed by atoms with van der Waals surface area (Å²) in [5.41, 5.74) is 0.955. The van der Waals surface area contributed by atoms with E-state index in [0.717, 1.165) is 30.4 Å². The minimum atomic E-state index is 0.713. The second-order valence-corrected chi connectivity index (χ2v) is 4.47. The molecule has 0 bridgehead atoms. The van der Waals surface area contributed by atoms with Crippen LogP contribution in [0.4, 0.5) is 5.82 Å². The molecule has 19 heavy (non-hydrogen) atoms. The Bertz CT molecular complexity index is 504. The Morgan fingerprint density at radius 2 is 2.16 bits per heavy atom. The summed E-state index contributed by atoms with van der Waals surface area (Å²) in [7, 11) is 3.98. The summed E-state index contributed by atoms with van der Waals surface area (Å²) in [6, 6.07) is 3.99. The molecular formula is C13H20N6. The fraction of sp³-hybridized carbons (Fsp3) is 0.462. The number of aromatic nitrogens is 4. The van der Waals surface area contributed by atoms with Gasteiger partial charge in [-0.25, -0.2) is 4.98 Å². The highest BCUT2D eigenvalue weighted by Crippen LogP contribution is 2.10. The Morgan fingerprint density at radius 1 is 1.32 bits per heavy atom. The van der Waals surface area contributed by atoms with Gasteiger partial charge >= 0.3 is 0 Å². The average molecular weight is 260 g/mol. The van der Waals surface area contributed by atoms with Crippen molar-refractivity contribution in [2.75, 3.05) is 18.5 Å². The molecule has 0 fully saturated rings. The molecular weight excluding hydrogens is 240 g/mol. The van der Waals surface area contributed by atoms with Gasteiger partial charge in [0.1, 0.15) is 5.82 Å². The zero-order valence-electron chi connectivity index (χ0n) is 11.7. The third-order valence-electron chi connectivity index (χ3n) is 2.95. The predicted octanol–water partition coefficient (Wildman–Crippen LogP) is 0.956. The summed E-state index contributed by atoms with van der Waals surface area (Å²) in [6.07, 6.45) is 3.74. The number of nitrogens with zero attached hydrogens (tertiary/aromatic N) is 5. The first kappa shape index (κ1) is 13.5. The molecule has 2 aromatic heterocycles. The van der Waals surface area contributed by atoms with Crippen molar-refractivity contribution in [2.24, 2.45) is 7.05 Å². The van der Waals surface area contributed by atoms with Crippen LogP contribution in [-0.4, -0.2) is 33.3 Å². The Hall–Kier alpha value is -1.95. The van der Waals surface area contributed by atoms with E-state index in [-0.39, 0.29) is 0 Å². The van der Waals surface area contributed by atoms with Crippen LogP contribution in [-0.2, 0) is 20.1 Å². The highest BCUT2D eigenvalue weighted by atomic mass is 15.3. The summed E-state index contributed by atoms with van der Waals surface area (Å²) in [5, 5.41) is 11.7. The molecule has 6 heteroatoms. The minimum absolute atomic E-state index is 0.713. The molecule has 0 saturated heterocycles. The van der Waals surface area contributed by atoms with Crippen molar-refractivity contribution in [3.8, 4) is 0 Å². The van der Waals surface area contributed by atoms with Gasteiger partial charge in [-0.1, -0.05) is 6.92 Å². The van der Waals surface area contributed by atoms with Gasteiger partial charge in [-0.05, 0) is 18.7 Å². The monoisotopic (exact) mass is 260 g/mol. The van der Waals surface area contributed by atoms with Crippen LogP contribution in [0.1, 0.15) is 18.4 Å². The molecule has 0 aliphatic rings. The van der Waals surface area contributed by atoms with E-state index in [1.165, 1.54) is 0 Å². The van der Waals surface area contributed by atoms with E-state index in [1.807, 2.05) is 41.9 Å². The fourth-order valence-corrected chi connectivity index (χ4v) is 1.75. The molecule has 0 atom stereocenters. The Morgan fingerprint density at radius 3 is 2.74 bits per heavy atom. The van der Waals surface area contributed by atoms with Crippen LogP contribution in [0.5, 0.6) is 0 Å². The standard InChI is InChI=1S/C13H20N6/c1-4-14-9-11-5-6-12(17-16-11)19(3)10-13-15-7-8-18(13)2/h5-8,14H,4,9-10H2,1-3H3. The first-order chi connectivity index (χ1) is 9.20. The lowest BCUT2D eigenvalue weighted by Gasteiger charge is -2.17. The Kier molecular flexibility index (Phi) is 4.46. The maximum Gasteiger partial charge on any atom is 0.151 e. The second-order valence-electron chi connectivity index (χ2n) is 4.47. The fourth-order valence-electron chi connectivity index (χ4n) is 1.75. The Labute approximate surface area is 113 Å². The maximum absolute atomic E-state index is 4.30. The molecule has 0 spiro atoms. The van der Waals surface area contributed by atoms with Crippen LogP contribution in [0.15, 0.2) is 24.5 Å². The lowest BCUT2D eigenvalue weighted by Crippen LogP contribution is -2.21. The highest BCUT2D eigenvalue weighted by molar-refractivity contribution is 5.36. The zero-order valence-corrected chi connectivity index (χ0v) is 11.7. The van der Waals surface area contributed by atoms with Crippen LogP contribution in [0.2, 0.25) is 0 Å². The van der Waals surface area contributed by atoms with E-state index in [0.29, 0.717) is 6.54 Å². The van der Waals surface area contributed by atoms with E-state index in [1.54, 1.807) is 6.20 Å². The lowest BCUT2D eigenvalue weighted by atomic mass is 10.3. The lowest BCUT2D eigenvalue weighted by molar-refractivity contribution is 0.693. The topological polar surface area (TPSA) is 58.9 Å². The maximum atomic E-state index is 4.30. The zero-order chi connectivity index (χ0) is 13.7. The van der Waals surface area contributed by atoms with Crippen LogP contribution in [0, 0.1) is 0 Å². The normalized spacial score (nSPS) is 10.7. The van der Waals surface area contributed by atoms with E-state index in [2.05, 4.69) is 27.4 Å². The molecule has 2 rings (SSSR count). The SMILES string of the molecule is CCNCc1ccc(N(C)Cc2nccn2C)nn1. The van der Waals surface area contributed by atoms with Crippen molar-refractivity contribution in [1.29, 1.82) is 0 Å². The molecule has 0 saturated carbocycles. The highest BCUT2D eigenvalue weighted by Gasteiger charge is 2.07. The van der Waals surface area contributed by atoms with E-state index >= 15 is 0 Å². The first-order valence-electron chi connectivity index (χ1n) is 6.41. The van der Waals surface area contributed by atoms with Crippen LogP contribution in [0.3, 0.4) is 0 Å². The molecule has 102 valence electrons. The predicted molar refractivity (Wildman–Crippen MR) is 74.7 cm³/mol. The van der Waals surface area contributed by atoms with Crippen molar-refractivity contribution in [1.82, 2.24) is 25.1 Å². The van der Waals surface area contributed by atoms with Gasteiger partial charge in [0.2, 0.25) is 0 Å². The molecule has 1 N–H and O–H groups in total. The van der Waals surface area contributed by atoms with Crippen LogP contribution >= 0.6 is 0 Å². The van der Waals surface area contributed by atoms with Gasteiger partial charge in [0.25, 0.3) is 0 Å². The van der Waals surface area contributed by atoms with Gasteiger partial charge in [-0.3, -0.25) is 0 Å². The number of hydrogen-bond donors (Lipinski definition) is 1. The van der Waals surface area contributed by atoms with Gasteiger partial charge < -0.3 is 14.8 Å². The second kappa shape index (κ2) is 6.29. The van der Waals surface area contributed by atoms with E-state index < -0.39 is 0 Å². The summed E-state index contributed by atoms with van der Waals surface area (Å²) in [5.74, 6) is 1.85. The molecule has 2 aromatic rings. The quantitative estimate of drug-likeness (QED) is 0.838. The van der Waals surface area contributed by atoms with E-state index in [4.69, 9.17) is 0 Å². The number of anilines is 1. The third-order valence-corrected chi connectivity index (χ3v) is 2.95. The van der Waals surface area contributed by atoms with Gasteiger partial charge in [-0.2, -0.15) is 5.10 Å². The van der Waals surface area contributed by atoms with Crippen molar-refractivity contribution >= 4 is 5.82 Å². The van der Waals surface area contributed by atoms with Gasteiger partial charge in [0.15, 0.2) is 5.82 Å². The summed E-state index contributed by atoms with van der Waals surface area (Å²) >= 11 is 0. The molecule has 6 nitrogen and oxygen atoms in total. The van der Waals surface area contributed by atoms with Crippen molar-refractivity contribution in [3.05, 3.63) is 36.0 Å². The summed E-state index contributed by atoms with van der Waals surface area (Å²) in [6.45, 7) is 4.47. The number of hydrogen-bond acceptors (Lipinski definition) is 5. The van der Waals surface area contributed by atoms with Crippen molar-refractivity contribution < 1.29 is 0 Å². The number of imidazole rings is 1.